The third-order valence-corrected chi connectivity index (χ3v) is 3.76. The van der Waals surface area contributed by atoms with Gasteiger partial charge in [-0.25, -0.2) is 4.79 Å². The summed E-state index contributed by atoms with van der Waals surface area (Å²) in [7, 11) is 1.58. The van der Waals surface area contributed by atoms with Gasteiger partial charge in [0.1, 0.15) is 5.75 Å². The Bertz CT molecular complexity index is 468. The first-order valence-electron chi connectivity index (χ1n) is 6.44. The molecule has 0 aliphatic carbocycles. The van der Waals surface area contributed by atoms with Crippen molar-refractivity contribution in [2.45, 2.75) is 19.4 Å². The zero-order valence-electron chi connectivity index (χ0n) is 11.6. The van der Waals surface area contributed by atoms with Gasteiger partial charge < -0.3 is 20.7 Å². The van der Waals surface area contributed by atoms with Gasteiger partial charge in [-0.1, -0.05) is 26.0 Å². The highest BCUT2D eigenvalue weighted by atomic mass is 16.5. The molecule has 3 N–H and O–H groups in total. The van der Waals surface area contributed by atoms with E-state index >= 15 is 0 Å². The predicted octanol–water partition coefficient (Wildman–Crippen LogP) is 1.90. The number of hydrogen-bond donors (Lipinski definition) is 2. The van der Waals surface area contributed by atoms with Gasteiger partial charge >= 0.3 is 6.03 Å². The molecule has 1 aliphatic rings. The van der Waals surface area contributed by atoms with Gasteiger partial charge in [0.15, 0.2) is 0 Å². The molecular formula is C14H21N3O2. The standard InChI is InChI=1S/C14H21N3O2/c1-10(2)14(15)8-17(9-14)13(18)16-11-6-4-5-7-12(11)19-3/h4-7,10H,8-9,15H2,1-3H3,(H,16,18). The van der Waals surface area contributed by atoms with Crippen LogP contribution in [0.3, 0.4) is 0 Å². The van der Waals surface area contributed by atoms with E-state index in [4.69, 9.17) is 10.5 Å². The zero-order valence-corrected chi connectivity index (χ0v) is 11.6. The van der Waals surface area contributed by atoms with Crippen LogP contribution in [0.1, 0.15) is 13.8 Å². The van der Waals surface area contributed by atoms with Crippen molar-refractivity contribution in [2.75, 3.05) is 25.5 Å². The van der Waals surface area contributed by atoms with E-state index in [9.17, 15) is 4.79 Å². The van der Waals surface area contributed by atoms with Crippen LogP contribution in [-0.4, -0.2) is 36.7 Å². The lowest BCUT2D eigenvalue weighted by molar-refractivity contribution is 0.0721. The van der Waals surface area contributed by atoms with Gasteiger partial charge in [-0.05, 0) is 18.1 Å². The maximum Gasteiger partial charge on any atom is 0.322 e. The molecule has 2 amide bonds. The highest BCUT2D eigenvalue weighted by molar-refractivity contribution is 5.91. The largest absolute Gasteiger partial charge is 0.495 e. The number of likely N-dealkylation sites (tertiary alicyclic amines) is 1. The molecule has 0 atom stereocenters. The molecule has 104 valence electrons. The number of anilines is 1. The number of para-hydroxylation sites is 2. The van der Waals surface area contributed by atoms with E-state index in [0.717, 1.165) is 0 Å². The van der Waals surface area contributed by atoms with E-state index in [-0.39, 0.29) is 11.6 Å². The number of amides is 2. The fourth-order valence-electron chi connectivity index (χ4n) is 2.12. The molecule has 1 aromatic rings. The number of hydrogen-bond acceptors (Lipinski definition) is 3. The number of carbonyl (C=O) groups is 1. The number of benzene rings is 1. The molecule has 2 rings (SSSR count). The Morgan fingerprint density at radius 2 is 2.05 bits per heavy atom. The molecule has 5 heteroatoms. The fourth-order valence-corrected chi connectivity index (χ4v) is 2.12. The van der Waals surface area contributed by atoms with Crippen molar-refractivity contribution in [1.82, 2.24) is 4.90 Å². The number of nitrogens with zero attached hydrogens (tertiary/aromatic N) is 1. The lowest BCUT2D eigenvalue weighted by atomic mass is 9.80. The Kier molecular flexibility index (Phi) is 3.66. The zero-order chi connectivity index (χ0) is 14.0. The molecule has 19 heavy (non-hydrogen) atoms. The van der Waals surface area contributed by atoms with E-state index in [1.54, 1.807) is 12.0 Å². The molecule has 1 aliphatic heterocycles. The number of nitrogens with two attached hydrogens (primary N) is 1. The number of nitrogens with one attached hydrogen (secondary N) is 1. The maximum absolute atomic E-state index is 12.1. The second-order valence-electron chi connectivity index (χ2n) is 5.37. The van der Waals surface area contributed by atoms with Crippen molar-refractivity contribution < 1.29 is 9.53 Å². The fraction of sp³-hybridized carbons (Fsp3) is 0.500. The van der Waals surface area contributed by atoms with Crippen molar-refractivity contribution in [3.63, 3.8) is 0 Å². The van der Waals surface area contributed by atoms with Gasteiger partial charge in [0.05, 0.1) is 18.3 Å². The second kappa shape index (κ2) is 5.09. The summed E-state index contributed by atoms with van der Waals surface area (Å²) in [5, 5.41) is 2.85. The topological polar surface area (TPSA) is 67.6 Å². The Balaban J connectivity index is 1.96. The van der Waals surface area contributed by atoms with Crippen molar-refractivity contribution in [3.05, 3.63) is 24.3 Å². The summed E-state index contributed by atoms with van der Waals surface area (Å²) in [6.45, 7) is 5.34. The maximum atomic E-state index is 12.1. The summed E-state index contributed by atoms with van der Waals surface area (Å²) < 4.78 is 5.20. The van der Waals surface area contributed by atoms with Crippen molar-refractivity contribution in [3.8, 4) is 5.75 Å². The average molecular weight is 263 g/mol. The number of rotatable bonds is 3. The molecule has 1 saturated heterocycles. The van der Waals surface area contributed by atoms with E-state index in [2.05, 4.69) is 19.2 Å². The van der Waals surface area contributed by atoms with Crippen LogP contribution in [0.4, 0.5) is 10.5 Å². The minimum atomic E-state index is -0.252. The summed E-state index contributed by atoms with van der Waals surface area (Å²) in [5.41, 5.74) is 6.60. The monoisotopic (exact) mass is 263 g/mol. The lowest BCUT2D eigenvalue weighted by Crippen LogP contribution is -2.71. The highest BCUT2D eigenvalue weighted by Crippen LogP contribution is 2.28. The number of carbonyl (C=O) groups excluding carboxylic acids is 1. The van der Waals surface area contributed by atoms with E-state index < -0.39 is 0 Å². The first kappa shape index (κ1) is 13.7. The molecule has 0 aromatic heterocycles. The minimum Gasteiger partial charge on any atom is -0.495 e. The van der Waals surface area contributed by atoms with Gasteiger partial charge in [-0.3, -0.25) is 0 Å². The molecule has 5 nitrogen and oxygen atoms in total. The van der Waals surface area contributed by atoms with Crippen LogP contribution in [0, 0.1) is 5.92 Å². The molecule has 1 heterocycles. The normalized spacial score (nSPS) is 17.0. The van der Waals surface area contributed by atoms with Crippen LogP contribution in [-0.2, 0) is 0 Å². The SMILES string of the molecule is COc1ccccc1NC(=O)N1CC(N)(C(C)C)C1. The van der Waals surface area contributed by atoms with Crippen LogP contribution in [0.2, 0.25) is 0 Å². The summed E-state index contributed by atoms with van der Waals surface area (Å²) in [6.07, 6.45) is 0. The third-order valence-electron chi connectivity index (χ3n) is 3.76. The first-order chi connectivity index (χ1) is 8.96. The van der Waals surface area contributed by atoms with Crippen LogP contribution < -0.4 is 15.8 Å². The Morgan fingerprint density at radius 1 is 1.42 bits per heavy atom. The first-order valence-corrected chi connectivity index (χ1v) is 6.44. The van der Waals surface area contributed by atoms with Crippen molar-refractivity contribution in [2.24, 2.45) is 11.7 Å². The van der Waals surface area contributed by atoms with Gasteiger partial charge in [-0.15, -0.1) is 0 Å². The van der Waals surface area contributed by atoms with Gasteiger partial charge in [0, 0.05) is 13.1 Å². The van der Waals surface area contributed by atoms with Crippen LogP contribution in [0.25, 0.3) is 0 Å². The second-order valence-corrected chi connectivity index (χ2v) is 5.37. The number of urea groups is 1. The molecular weight excluding hydrogens is 242 g/mol. The average Bonchev–Trinajstić information content (AvgIpc) is 2.35. The molecule has 1 aromatic carbocycles. The molecule has 0 bridgehead atoms. The summed E-state index contributed by atoms with van der Waals surface area (Å²) in [5.74, 6) is 1.02. The lowest BCUT2D eigenvalue weighted by Gasteiger charge is -2.50. The Labute approximate surface area is 113 Å². The van der Waals surface area contributed by atoms with Crippen LogP contribution in [0.15, 0.2) is 24.3 Å². The third kappa shape index (κ3) is 2.66. The molecule has 0 saturated carbocycles. The summed E-state index contributed by atoms with van der Waals surface area (Å²) >= 11 is 0. The minimum absolute atomic E-state index is 0.133. The van der Waals surface area contributed by atoms with Gasteiger partial charge in [-0.2, -0.15) is 0 Å². The summed E-state index contributed by atoms with van der Waals surface area (Å²) in [4.78, 5) is 13.8. The van der Waals surface area contributed by atoms with Gasteiger partial charge in [0.25, 0.3) is 0 Å². The highest BCUT2D eigenvalue weighted by Gasteiger charge is 2.44. The molecule has 0 unspecified atom stereocenters. The number of ether oxygens (including phenoxy) is 1. The van der Waals surface area contributed by atoms with Crippen molar-refractivity contribution in [1.29, 1.82) is 0 Å². The summed E-state index contributed by atoms with van der Waals surface area (Å²) in [6, 6.07) is 7.21. The Morgan fingerprint density at radius 3 is 2.63 bits per heavy atom. The van der Waals surface area contributed by atoms with E-state index in [1.807, 2.05) is 24.3 Å². The van der Waals surface area contributed by atoms with Crippen LogP contribution >= 0.6 is 0 Å². The van der Waals surface area contributed by atoms with Crippen molar-refractivity contribution >= 4 is 11.7 Å². The smallest absolute Gasteiger partial charge is 0.322 e. The van der Waals surface area contributed by atoms with E-state index in [1.165, 1.54) is 0 Å². The van der Waals surface area contributed by atoms with Crippen LogP contribution in [0.5, 0.6) is 5.75 Å². The predicted molar refractivity (Wildman–Crippen MR) is 75.3 cm³/mol. The molecule has 0 spiro atoms. The van der Waals surface area contributed by atoms with E-state index in [0.29, 0.717) is 30.4 Å². The number of methoxy groups -OCH3 is 1. The quantitative estimate of drug-likeness (QED) is 0.875. The van der Waals surface area contributed by atoms with Gasteiger partial charge in [0.2, 0.25) is 0 Å². The molecule has 0 radical (unpaired) electrons. The molecule has 1 fully saturated rings. The Hall–Kier alpha value is -1.75.